The predicted octanol–water partition coefficient (Wildman–Crippen LogP) is -1.12. The zero-order valence-corrected chi connectivity index (χ0v) is 8.84. The molecule has 0 aliphatic heterocycles. The van der Waals surface area contributed by atoms with E-state index in [9.17, 15) is 0 Å². The average Bonchev–Trinajstić information content (AvgIpc) is 2.01. The Morgan fingerprint density at radius 2 is 1.70 bits per heavy atom. The molecule has 0 aromatic heterocycles. The summed E-state index contributed by atoms with van der Waals surface area (Å²) in [5.41, 5.74) is 0. The summed E-state index contributed by atoms with van der Waals surface area (Å²) < 4.78 is 19.8. The van der Waals surface area contributed by atoms with Crippen LogP contribution in [0.2, 0.25) is 0 Å². The third-order valence-corrected chi connectivity index (χ3v) is 1.88. The van der Waals surface area contributed by atoms with Crippen molar-refractivity contribution in [3.8, 4) is 0 Å². The molecule has 0 radical (unpaired) electrons. The zero-order valence-electron chi connectivity index (χ0n) is 6.84. The van der Waals surface area contributed by atoms with Crippen molar-refractivity contribution < 1.29 is 18.6 Å². The highest BCUT2D eigenvalue weighted by atomic mass is 28.2. The van der Waals surface area contributed by atoms with Crippen molar-refractivity contribution in [2.24, 2.45) is 0 Å². The van der Waals surface area contributed by atoms with E-state index >= 15 is 0 Å². The van der Waals surface area contributed by atoms with Gasteiger partial charge in [0.25, 0.3) is 5.97 Å². The Kier molecular flexibility index (Phi) is 4.84. The average molecular weight is 166 g/mol. The Bertz CT molecular complexity index is 75.5. The van der Waals surface area contributed by atoms with Crippen LogP contribution in [0.15, 0.2) is 0 Å². The van der Waals surface area contributed by atoms with Crippen LogP contribution in [0.5, 0.6) is 0 Å². The van der Waals surface area contributed by atoms with Crippen molar-refractivity contribution in [1.29, 1.82) is 0 Å². The molecule has 0 aromatic carbocycles. The SMILES string of the molecule is COCC(OC)(OC)O[SiH3]. The Hall–Kier alpha value is 0.0569. The molecule has 0 spiro atoms. The highest BCUT2D eigenvalue weighted by Gasteiger charge is 2.28. The number of hydrogen-bond donors (Lipinski definition) is 0. The molecule has 0 rings (SSSR count). The lowest BCUT2D eigenvalue weighted by Gasteiger charge is -2.28. The maximum atomic E-state index is 5.05. The second-order valence-corrected chi connectivity index (χ2v) is 2.14. The van der Waals surface area contributed by atoms with E-state index in [1.54, 1.807) is 7.11 Å². The second-order valence-electron chi connectivity index (χ2n) is 1.73. The van der Waals surface area contributed by atoms with Gasteiger partial charge in [0.2, 0.25) is 0 Å². The van der Waals surface area contributed by atoms with Crippen LogP contribution in [0.25, 0.3) is 0 Å². The Labute approximate surface area is 63.9 Å². The minimum Gasteiger partial charge on any atom is -0.378 e. The monoisotopic (exact) mass is 166 g/mol. The van der Waals surface area contributed by atoms with E-state index in [4.69, 9.17) is 18.6 Å². The molecule has 0 saturated carbocycles. The maximum Gasteiger partial charge on any atom is 0.296 e. The fourth-order valence-corrected chi connectivity index (χ4v) is 1.05. The predicted molar refractivity (Wildman–Crippen MR) is 39.6 cm³/mol. The normalized spacial score (nSPS) is 12.3. The molecule has 0 aliphatic rings. The topological polar surface area (TPSA) is 36.9 Å². The van der Waals surface area contributed by atoms with Gasteiger partial charge < -0.3 is 18.6 Å². The van der Waals surface area contributed by atoms with E-state index < -0.39 is 5.97 Å². The Morgan fingerprint density at radius 1 is 1.20 bits per heavy atom. The second kappa shape index (κ2) is 4.81. The van der Waals surface area contributed by atoms with E-state index in [1.807, 2.05) is 0 Å². The molecular weight excluding hydrogens is 152 g/mol. The van der Waals surface area contributed by atoms with Crippen molar-refractivity contribution >= 4 is 10.5 Å². The molecule has 4 nitrogen and oxygen atoms in total. The summed E-state index contributed by atoms with van der Waals surface area (Å²) in [6, 6.07) is 0. The van der Waals surface area contributed by atoms with Crippen LogP contribution in [-0.2, 0) is 18.6 Å². The smallest absolute Gasteiger partial charge is 0.296 e. The fraction of sp³-hybridized carbons (Fsp3) is 1.00. The summed E-state index contributed by atoms with van der Waals surface area (Å²) in [5.74, 6) is -0.985. The van der Waals surface area contributed by atoms with E-state index in [0.29, 0.717) is 10.5 Å². The lowest BCUT2D eigenvalue weighted by Crippen LogP contribution is -2.41. The summed E-state index contributed by atoms with van der Waals surface area (Å²) in [7, 11) is 5.14. The zero-order chi connectivity index (χ0) is 8.04. The lowest BCUT2D eigenvalue weighted by atomic mass is 10.6. The molecule has 0 N–H and O–H groups in total. The molecule has 0 saturated heterocycles. The van der Waals surface area contributed by atoms with E-state index in [1.165, 1.54) is 14.2 Å². The van der Waals surface area contributed by atoms with Crippen LogP contribution in [0, 0.1) is 0 Å². The Morgan fingerprint density at radius 3 is 1.80 bits per heavy atom. The van der Waals surface area contributed by atoms with Gasteiger partial charge in [-0.3, -0.25) is 0 Å². The van der Waals surface area contributed by atoms with Gasteiger partial charge in [-0.05, 0) is 0 Å². The third-order valence-electron chi connectivity index (χ3n) is 1.25. The molecule has 0 aliphatic carbocycles. The standard InChI is InChI=1S/C5H14O4Si/c1-6-4-5(7-2,8-3)9-10/h4H2,1-3,10H3. The van der Waals surface area contributed by atoms with E-state index in [-0.39, 0.29) is 6.61 Å². The van der Waals surface area contributed by atoms with Crippen molar-refractivity contribution in [2.45, 2.75) is 5.97 Å². The van der Waals surface area contributed by atoms with Gasteiger partial charge in [-0.2, -0.15) is 0 Å². The lowest BCUT2D eigenvalue weighted by molar-refractivity contribution is -0.337. The largest absolute Gasteiger partial charge is 0.378 e. The van der Waals surface area contributed by atoms with Crippen LogP contribution >= 0.6 is 0 Å². The molecular formula is C5H14O4Si. The van der Waals surface area contributed by atoms with Crippen LogP contribution < -0.4 is 0 Å². The molecule has 0 fully saturated rings. The molecule has 0 amide bonds. The molecule has 10 heavy (non-hydrogen) atoms. The van der Waals surface area contributed by atoms with Gasteiger partial charge in [0.05, 0.1) is 0 Å². The molecule has 0 aromatic rings. The first-order chi connectivity index (χ1) is 4.74. The summed E-state index contributed by atoms with van der Waals surface area (Å²) in [5, 5.41) is 0. The van der Waals surface area contributed by atoms with Crippen LogP contribution in [-0.4, -0.2) is 44.4 Å². The summed E-state index contributed by atoms with van der Waals surface area (Å²) in [6.45, 7) is 0.281. The third kappa shape index (κ3) is 2.35. The number of rotatable bonds is 5. The van der Waals surface area contributed by atoms with Gasteiger partial charge in [0.15, 0.2) is 10.5 Å². The molecule has 5 heteroatoms. The number of methoxy groups -OCH3 is 3. The minimum atomic E-state index is -0.985. The van der Waals surface area contributed by atoms with Gasteiger partial charge in [-0.15, -0.1) is 0 Å². The number of hydrogen-bond acceptors (Lipinski definition) is 4. The summed E-state index contributed by atoms with van der Waals surface area (Å²) in [6.07, 6.45) is 0. The highest BCUT2D eigenvalue weighted by Crippen LogP contribution is 2.10. The molecule has 0 bridgehead atoms. The first-order valence-corrected chi connectivity index (χ1v) is 3.70. The minimum absolute atomic E-state index is 0.281. The van der Waals surface area contributed by atoms with Crippen molar-refractivity contribution in [2.75, 3.05) is 27.9 Å². The fourth-order valence-electron chi connectivity index (χ4n) is 0.604. The van der Waals surface area contributed by atoms with Gasteiger partial charge in [-0.25, -0.2) is 0 Å². The Balaban J connectivity index is 3.87. The summed E-state index contributed by atoms with van der Waals surface area (Å²) >= 11 is 0. The van der Waals surface area contributed by atoms with Gasteiger partial charge >= 0.3 is 0 Å². The molecule has 0 atom stereocenters. The van der Waals surface area contributed by atoms with E-state index in [0.717, 1.165) is 0 Å². The van der Waals surface area contributed by atoms with Gasteiger partial charge in [0.1, 0.15) is 6.61 Å². The van der Waals surface area contributed by atoms with Crippen molar-refractivity contribution in [3.63, 3.8) is 0 Å². The quantitative estimate of drug-likeness (QED) is 0.383. The van der Waals surface area contributed by atoms with Crippen LogP contribution in [0.4, 0.5) is 0 Å². The van der Waals surface area contributed by atoms with Gasteiger partial charge in [0, 0.05) is 21.3 Å². The summed E-state index contributed by atoms with van der Waals surface area (Å²) in [4.78, 5) is 0. The molecule has 0 unspecified atom stereocenters. The molecule has 62 valence electrons. The first kappa shape index (κ1) is 10.1. The maximum absolute atomic E-state index is 5.05. The van der Waals surface area contributed by atoms with Gasteiger partial charge in [-0.1, -0.05) is 0 Å². The van der Waals surface area contributed by atoms with Crippen molar-refractivity contribution in [1.82, 2.24) is 0 Å². The van der Waals surface area contributed by atoms with Crippen LogP contribution in [0.3, 0.4) is 0 Å². The number of ether oxygens (including phenoxy) is 3. The first-order valence-electron chi connectivity index (χ1n) is 2.89. The highest BCUT2D eigenvalue weighted by molar-refractivity contribution is 5.98. The van der Waals surface area contributed by atoms with Crippen LogP contribution in [0.1, 0.15) is 0 Å². The molecule has 0 heterocycles. The van der Waals surface area contributed by atoms with Crippen molar-refractivity contribution in [3.05, 3.63) is 0 Å². The van der Waals surface area contributed by atoms with E-state index in [2.05, 4.69) is 0 Å².